The summed E-state index contributed by atoms with van der Waals surface area (Å²) in [4.78, 5) is 4.76. The third kappa shape index (κ3) is 6.44. The van der Waals surface area contributed by atoms with Gasteiger partial charge in [0.05, 0.1) is 17.1 Å². The average molecular weight is 969 g/mol. The van der Waals surface area contributed by atoms with Crippen molar-refractivity contribution in [1.82, 2.24) is 0 Å². The number of nitrogens with zero attached hydrogens (tertiary/aromatic N) is 2. The zero-order valence-electron chi connectivity index (χ0n) is 41.1. The average Bonchev–Trinajstić information content (AvgIpc) is 4.09. The lowest BCUT2D eigenvalue weighted by atomic mass is 9.93. The summed E-state index contributed by atoms with van der Waals surface area (Å²) in [6, 6.07) is 96.4. The smallest absolute Gasteiger partial charge is 0.160 e. The molecule has 2 aromatic heterocycles. The Bertz CT molecular complexity index is 5000. The molecule has 16 aromatic rings. The normalized spacial score (nSPS) is 11.9. The van der Waals surface area contributed by atoms with Gasteiger partial charge >= 0.3 is 0 Å². The van der Waals surface area contributed by atoms with E-state index in [1.54, 1.807) is 0 Å². The molecule has 0 radical (unpaired) electrons. The molecule has 0 saturated carbocycles. The Morgan fingerprint density at radius 2 is 0.645 bits per heavy atom. The van der Waals surface area contributed by atoms with E-state index in [2.05, 4.69) is 277 Å². The Kier molecular flexibility index (Phi) is 9.30. The van der Waals surface area contributed by atoms with Gasteiger partial charge < -0.3 is 18.6 Å². The third-order valence-electron chi connectivity index (χ3n) is 15.7. The van der Waals surface area contributed by atoms with Crippen LogP contribution in [-0.2, 0) is 0 Å². The Morgan fingerprint density at radius 1 is 0.237 bits per heavy atom. The van der Waals surface area contributed by atoms with Crippen molar-refractivity contribution in [2.24, 2.45) is 0 Å². The molecule has 0 N–H and O–H groups in total. The predicted molar refractivity (Wildman–Crippen MR) is 321 cm³/mol. The molecule has 16 rings (SSSR count). The molecule has 2 heterocycles. The quantitative estimate of drug-likeness (QED) is 0.149. The maximum Gasteiger partial charge on any atom is 0.160 e. The maximum absolute atomic E-state index is 7.12. The topological polar surface area (TPSA) is 32.8 Å². The van der Waals surface area contributed by atoms with Gasteiger partial charge in [-0.05, 0) is 149 Å². The fourth-order valence-electron chi connectivity index (χ4n) is 12.3. The van der Waals surface area contributed by atoms with Crippen LogP contribution in [0, 0.1) is 0 Å². The zero-order chi connectivity index (χ0) is 49.8. The van der Waals surface area contributed by atoms with E-state index in [0.29, 0.717) is 0 Å². The number of hydrogen-bond acceptors (Lipinski definition) is 4. The van der Waals surface area contributed by atoms with Gasteiger partial charge in [-0.1, -0.05) is 188 Å². The number of benzene rings is 14. The Labute approximate surface area is 437 Å². The fraction of sp³-hybridized carbons (Fsp3) is 0. The van der Waals surface area contributed by atoms with Gasteiger partial charge in [-0.3, -0.25) is 0 Å². The van der Waals surface area contributed by atoms with Gasteiger partial charge in [-0.2, -0.15) is 0 Å². The van der Waals surface area contributed by atoms with Crippen molar-refractivity contribution in [1.29, 1.82) is 0 Å². The molecule has 0 unspecified atom stereocenters. The highest BCUT2D eigenvalue weighted by Gasteiger charge is 2.26. The second kappa shape index (κ2) is 16.7. The molecule has 0 aliphatic heterocycles. The SMILES string of the molecule is c1ccc(N(c2ccc(-c3ccc(N(c4ccccc4)c4cc5ccccc5c5c4oc4ccc6ccccc6c45)c4cc5ccccc5cc34)cc2)c2cc3ccccc3c3c2oc2ccc4ccccc4c23)cc1. The van der Waals surface area contributed by atoms with Crippen LogP contribution in [0.15, 0.2) is 276 Å². The van der Waals surface area contributed by atoms with Crippen molar-refractivity contribution >= 4 is 143 Å². The number of furan rings is 2. The summed E-state index contributed by atoms with van der Waals surface area (Å²) in [6.07, 6.45) is 0. The van der Waals surface area contributed by atoms with E-state index in [4.69, 9.17) is 8.83 Å². The standard InChI is InChI=1S/C72H44N2O2/c1-3-23-52(24-4-1)73(63-43-50-21-11-15-29-58(50)69-67-56-27-13-9-17-45(56)33-39-65(67)75-71(63)69)54-35-31-47(32-36-54)55-37-38-62(61-42-49-20-8-7-19-48(49)41-60(55)61)74(53-25-5-2-6-26-53)64-44-51-22-12-16-30-59(51)70-68-57-28-14-10-18-46(57)34-40-66(68)76-72(64)70/h1-44H. The minimum atomic E-state index is 0.852. The largest absolute Gasteiger partial charge is 0.454 e. The summed E-state index contributed by atoms with van der Waals surface area (Å²) < 4.78 is 14.1. The van der Waals surface area contributed by atoms with E-state index in [-0.39, 0.29) is 0 Å². The molecule has 0 amide bonds. The summed E-state index contributed by atoms with van der Waals surface area (Å²) in [5, 5.41) is 18.5. The lowest BCUT2D eigenvalue weighted by molar-refractivity contribution is 0.669. The highest BCUT2D eigenvalue weighted by atomic mass is 16.3. The molecule has 14 aromatic carbocycles. The fourth-order valence-corrected chi connectivity index (χ4v) is 12.3. The van der Waals surface area contributed by atoms with E-state index in [1.807, 2.05) is 0 Å². The summed E-state index contributed by atoms with van der Waals surface area (Å²) in [7, 11) is 0. The van der Waals surface area contributed by atoms with Gasteiger partial charge in [-0.15, -0.1) is 0 Å². The number of rotatable bonds is 7. The first kappa shape index (κ1) is 42.4. The molecule has 4 heteroatoms. The summed E-state index contributed by atoms with van der Waals surface area (Å²) in [5.41, 5.74) is 11.8. The molecule has 354 valence electrons. The molecule has 0 fully saturated rings. The summed E-state index contributed by atoms with van der Waals surface area (Å²) in [5.74, 6) is 0. The molecule has 0 atom stereocenters. The lowest BCUT2D eigenvalue weighted by Crippen LogP contribution is -2.11. The van der Waals surface area contributed by atoms with Crippen LogP contribution in [0.25, 0.3) is 120 Å². The maximum atomic E-state index is 7.12. The van der Waals surface area contributed by atoms with Gasteiger partial charge in [0.1, 0.15) is 11.2 Å². The van der Waals surface area contributed by atoms with Crippen LogP contribution < -0.4 is 9.80 Å². The van der Waals surface area contributed by atoms with Gasteiger partial charge in [0.25, 0.3) is 0 Å². The van der Waals surface area contributed by atoms with Crippen LogP contribution in [0.5, 0.6) is 0 Å². The second-order valence-corrected chi connectivity index (χ2v) is 19.9. The molecular formula is C72H44N2O2. The van der Waals surface area contributed by atoms with Crippen molar-refractivity contribution in [3.63, 3.8) is 0 Å². The van der Waals surface area contributed by atoms with E-state index in [9.17, 15) is 0 Å². The van der Waals surface area contributed by atoms with Crippen molar-refractivity contribution in [2.75, 3.05) is 9.80 Å². The summed E-state index contributed by atoms with van der Waals surface area (Å²) >= 11 is 0. The Morgan fingerprint density at radius 3 is 1.17 bits per heavy atom. The predicted octanol–water partition coefficient (Wildman–Crippen LogP) is 21.0. The second-order valence-electron chi connectivity index (χ2n) is 19.9. The molecule has 76 heavy (non-hydrogen) atoms. The first-order valence-corrected chi connectivity index (χ1v) is 26.0. The van der Waals surface area contributed by atoms with Crippen LogP contribution in [0.1, 0.15) is 0 Å². The lowest BCUT2D eigenvalue weighted by Gasteiger charge is -2.28. The molecule has 0 spiro atoms. The number of anilines is 6. The van der Waals surface area contributed by atoms with E-state index in [1.165, 1.54) is 43.1 Å². The summed E-state index contributed by atoms with van der Waals surface area (Å²) in [6.45, 7) is 0. The monoisotopic (exact) mass is 968 g/mol. The first-order chi connectivity index (χ1) is 37.7. The van der Waals surface area contributed by atoms with Crippen molar-refractivity contribution in [3.8, 4) is 11.1 Å². The third-order valence-corrected chi connectivity index (χ3v) is 15.7. The van der Waals surface area contributed by atoms with Gasteiger partial charge in [0, 0.05) is 44.0 Å². The van der Waals surface area contributed by atoms with E-state index in [0.717, 1.165) is 111 Å². The van der Waals surface area contributed by atoms with Crippen LogP contribution in [0.4, 0.5) is 34.1 Å². The van der Waals surface area contributed by atoms with Crippen LogP contribution in [-0.4, -0.2) is 0 Å². The highest BCUT2D eigenvalue weighted by Crippen LogP contribution is 2.51. The molecule has 0 aliphatic rings. The van der Waals surface area contributed by atoms with Crippen LogP contribution in [0.2, 0.25) is 0 Å². The Balaban J connectivity index is 0.907. The minimum absolute atomic E-state index is 0.852. The van der Waals surface area contributed by atoms with E-state index >= 15 is 0 Å². The number of para-hydroxylation sites is 2. The van der Waals surface area contributed by atoms with Crippen molar-refractivity contribution in [3.05, 3.63) is 267 Å². The number of hydrogen-bond donors (Lipinski definition) is 0. The van der Waals surface area contributed by atoms with Gasteiger partial charge in [0.15, 0.2) is 11.2 Å². The minimum Gasteiger partial charge on any atom is -0.454 e. The number of fused-ring (bicyclic) bond motifs is 16. The van der Waals surface area contributed by atoms with Crippen molar-refractivity contribution in [2.45, 2.75) is 0 Å². The van der Waals surface area contributed by atoms with Gasteiger partial charge in [-0.25, -0.2) is 0 Å². The first-order valence-electron chi connectivity index (χ1n) is 26.0. The molecule has 0 saturated heterocycles. The van der Waals surface area contributed by atoms with E-state index < -0.39 is 0 Å². The molecule has 0 bridgehead atoms. The zero-order valence-corrected chi connectivity index (χ0v) is 41.1. The van der Waals surface area contributed by atoms with Crippen LogP contribution in [0.3, 0.4) is 0 Å². The molecule has 4 nitrogen and oxygen atoms in total. The molecule has 0 aliphatic carbocycles. The highest BCUT2D eigenvalue weighted by molar-refractivity contribution is 6.31. The Hall–Kier alpha value is -10.2. The molecular weight excluding hydrogens is 925 g/mol. The van der Waals surface area contributed by atoms with Crippen molar-refractivity contribution < 1.29 is 8.83 Å². The van der Waals surface area contributed by atoms with Gasteiger partial charge in [0.2, 0.25) is 0 Å². The van der Waals surface area contributed by atoms with Crippen LogP contribution >= 0.6 is 0 Å².